The number of nitrogens with zero attached hydrogens (tertiary/aromatic N) is 1. The lowest BCUT2D eigenvalue weighted by Crippen LogP contribution is -2.21. The van der Waals surface area contributed by atoms with E-state index >= 15 is 0 Å². The van der Waals surface area contributed by atoms with Gasteiger partial charge in [0.25, 0.3) is 0 Å². The molecule has 88 valence electrons. The number of rotatable bonds is 4. The lowest BCUT2D eigenvalue weighted by molar-refractivity contribution is 0.310. The van der Waals surface area contributed by atoms with E-state index in [0.29, 0.717) is 23.7 Å². The monoisotopic (exact) mass is 226 g/mol. The van der Waals surface area contributed by atoms with E-state index in [1.165, 1.54) is 18.9 Å². The molecule has 0 radical (unpaired) electrons. The zero-order valence-corrected chi connectivity index (χ0v) is 9.34. The van der Waals surface area contributed by atoms with Gasteiger partial charge in [-0.1, -0.05) is 0 Å². The third-order valence-electron chi connectivity index (χ3n) is 3.03. The van der Waals surface area contributed by atoms with E-state index in [0.717, 1.165) is 6.07 Å². The van der Waals surface area contributed by atoms with Crippen LogP contribution in [0.2, 0.25) is 0 Å². The van der Waals surface area contributed by atoms with Crippen molar-refractivity contribution in [3.63, 3.8) is 0 Å². The number of halogens is 2. The summed E-state index contributed by atoms with van der Waals surface area (Å²) in [6.07, 6.45) is 2.34. The van der Waals surface area contributed by atoms with Gasteiger partial charge in [0.2, 0.25) is 0 Å². The van der Waals surface area contributed by atoms with Crippen LogP contribution in [0.15, 0.2) is 12.1 Å². The van der Waals surface area contributed by atoms with Crippen molar-refractivity contribution in [2.24, 2.45) is 5.73 Å². The van der Waals surface area contributed by atoms with Crippen molar-refractivity contribution >= 4 is 0 Å². The molecule has 2 nitrogen and oxygen atoms in total. The van der Waals surface area contributed by atoms with E-state index in [-0.39, 0.29) is 6.54 Å². The van der Waals surface area contributed by atoms with Crippen LogP contribution in [0.5, 0.6) is 0 Å². The summed E-state index contributed by atoms with van der Waals surface area (Å²) in [5.41, 5.74) is 6.30. The van der Waals surface area contributed by atoms with Crippen LogP contribution in [0, 0.1) is 11.6 Å². The molecule has 0 heterocycles. The Morgan fingerprint density at radius 2 is 1.88 bits per heavy atom. The smallest absolute Gasteiger partial charge is 0.130 e. The Morgan fingerprint density at radius 1 is 1.25 bits per heavy atom. The summed E-state index contributed by atoms with van der Waals surface area (Å²) in [6.45, 7) is 0.621. The molecule has 0 bridgehead atoms. The third-order valence-corrected chi connectivity index (χ3v) is 3.03. The summed E-state index contributed by atoms with van der Waals surface area (Å²) in [5, 5.41) is 0. The van der Waals surface area contributed by atoms with Crippen LogP contribution in [-0.4, -0.2) is 18.0 Å². The van der Waals surface area contributed by atoms with E-state index in [1.54, 1.807) is 0 Å². The molecule has 0 atom stereocenters. The maximum absolute atomic E-state index is 13.5. The molecule has 0 amide bonds. The molecule has 0 saturated heterocycles. The van der Waals surface area contributed by atoms with Gasteiger partial charge < -0.3 is 5.73 Å². The van der Waals surface area contributed by atoms with Crippen molar-refractivity contribution in [2.45, 2.75) is 32.0 Å². The van der Waals surface area contributed by atoms with Gasteiger partial charge in [0, 0.05) is 36.3 Å². The predicted molar refractivity (Wildman–Crippen MR) is 58.7 cm³/mol. The quantitative estimate of drug-likeness (QED) is 0.851. The highest BCUT2D eigenvalue weighted by Crippen LogP contribution is 2.27. The number of nitrogens with two attached hydrogens (primary N) is 1. The molecule has 2 N–H and O–H groups in total. The average molecular weight is 226 g/mol. The highest BCUT2D eigenvalue weighted by atomic mass is 19.1. The summed E-state index contributed by atoms with van der Waals surface area (Å²) < 4.78 is 26.7. The van der Waals surface area contributed by atoms with E-state index in [2.05, 4.69) is 4.90 Å². The van der Waals surface area contributed by atoms with Crippen molar-refractivity contribution in [3.05, 3.63) is 34.9 Å². The molecule has 1 fully saturated rings. The molecule has 1 aliphatic carbocycles. The Kier molecular flexibility index (Phi) is 3.21. The Labute approximate surface area is 94.0 Å². The molecular weight excluding hydrogens is 210 g/mol. The van der Waals surface area contributed by atoms with Gasteiger partial charge in [-0.15, -0.1) is 0 Å². The second kappa shape index (κ2) is 4.47. The second-order valence-corrected chi connectivity index (χ2v) is 4.39. The van der Waals surface area contributed by atoms with E-state index in [4.69, 9.17) is 5.73 Å². The molecular formula is C12H16F2N2. The minimum absolute atomic E-state index is 0.103. The summed E-state index contributed by atoms with van der Waals surface area (Å²) in [5.74, 6) is -1.04. The molecule has 1 aromatic rings. The van der Waals surface area contributed by atoms with Gasteiger partial charge in [-0.05, 0) is 26.0 Å². The molecule has 0 aromatic heterocycles. The largest absolute Gasteiger partial charge is 0.326 e. The molecule has 2 rings (SSSR count). The fraction of sp³-hybridized carbons (Fsp3) is 0.500. The lowest BCUT2D eigenvalue weighted by Gasteiger charge is -2.16. The first kappa shape index (κ1) is 11.5. The first-order valence-corrected chi connectivity index (χ1v) is 5.49. The van der Waals surface area contributed by atoms with E-state index in [9.17, 15) is 8.78 Å². The van der Waals surface area contributed by atoms with Crippen molar-refractivity contribution in [3.8, 4) is 0 Å². The fourth-order valence-corrected chi connectivity index (χ4v) is 1.84. The summed E-state index contributed by atoms with van der Waals surface area (Å²) in [4.78, 5) is 2.09. The number of hydrogen-bond acceptors (Lipinski definition) is 2. The Hall–Kier alpha value is -1.00. The Bertz CT molecular complexity index is 389. The highest BCUT2D eigenvalue weighted by molar-refractivity contribution is 5.26. The van der Waals surface area contributed by atoms with Gasteiger partial charge in [0.05, 0.1) is 0 Å². The molecule has 0 spiro atoms. The van der Waals surface area contributed by atoms with Crippen LogP contribution < -0.4 is 5.73 Å². The first-order valence-electron chi connectivity index (χ1n) is 5.49. The first-order chi connectivity index (χ1) is 7.61. The summed E-state index contributed by atoms with van der Waals surface area (Å²) in [6, 6.07) is 3.02. The topological polar surface area (TPSA) is 29.3 Å². The average Bonchev–Trinajstić information content (AvgIpc) is 3.05. The zero-order valence-electron chi connectivity index (χ0n) is 9.34. The van der Waals surface area contributed by atoms with Gasteiger partial charge in [-0.25, -0.2) is 8.78 Å². The minimum Gasteiger partial charge on any atom is -0.326 e. The second-order valence-electron chi connectivity index (χ2n) is 4.39. The van der Waals surface area contributed by atoms with Crippen LogP contribution in [0.25, 0.3) is 0 Å². The maximum Gasteiger partial charge on any atom is 0.130 e. The van der Waals surface area contributed by atoms with Gasteiger partial charge in [0.15, 0.2) is 0 Å². The molecule has 1 aliphatic rings. The van der Waals surface area contributed by atoms with Gasteiger partial charge in [0.1, 0.15) is 11.6 Å². The molecule has 0 aliphatic heterocycles. The van der Waals surface area contributed by atoms with Gasteiger partial charge in [-0.3, -0.25) is 4.90 Å². The summed E-state index contributed by atoms with van der Waals surface area (Å²) >= 11 is 0. The van der Waals surface area contributed by atoms with Crippen LogP contribution in [0.1, 0.15) is 24.0 Å². The van der Waals surface area contributed by atoms with Crippen LogP contribution in [-0.2, 0) is 13.1 Å². The normalized spacial score (nSPS) is 15.8. The number of benzene rings is 1. The molecule has 1 aromatic carbocycles. The predicted octanol–water partition coefficient (Wildman–Crippen LogP) is 2.02. The van der Waals surface area contributed by atoms with Crippen molar-refractivity contribution in [2.75, 3.05) is 7.05 Å². The number of hydrogen-bond donors (Lipinski definition) is 1. The maximum atomic E-state index is 13.5. The van der Waals surface area contributed by atoms with E-state index < -0.39 is 11.6 Å². The lowest BCUT2D eigenvalue weighted by atomic mass is 10.1. The Morgan fingerprint density at radius 3 is 2.44 bits per heavy atom. The van der Waals surface area contributed by atoms with Crippen molar-refractivity contribution in [1.29, 1.82) is 0 Å². The van der Waals surface area contributed by atoms with E-state index in [1.807, 2.05) is 7.05 Å². The molecule has 4 heteroatoms. The Balaban J connectivity index is 2.18. The highest BCUT2D eigenvalue weighted by Gasteiger charge is 2.26. The molecule has 16 heavy (non-hydrogen) atoms. The molecule has 1 saturated carbocycles. The van der Waals surface area contributed by atoms with Crippen molar-refractivity contribution in [1.82, 2.24) is 4.90 Å². The molecule has 0 unspecified atom stereocenters. The van der Waals surface area contributed by atoms with Gasteiger partial charge >= 0.3 is 0 Å². The third kappa shape index (κ3) is 2.39. The van der Waals surface area contributed by atoms with Crippen LogP contribution in [0.3, 0.4) is 0 Å². The van der Waals surface area contributed by atoms with Crippen LogP contribution >= 0.6 is 0 Å². The minimum atomic E-state index is -0.558. The van der Waals surface area contributed by atoms with Crippen LogP contribution in [0.4, 0.5) is 8.78 Å². The van der Waals surface area contributed by atoms with Crippen molar-refractivity contribution < 1.29 is 8.78 Å². The van der Waals surface area contributed by atoms with Gasteiger partial charge in [-0.2, -0.15) is 0 Å². The SMILES string of the molecule is CN(Cc1cc(CN)c(F)cc1F)C1CC1. The standard InChI is InChI=1S/C12H16F2N2/c1-16(10-2-3-10)7-9-4-8(6-15)11(13)5-12(9)14/h4-5,10H,2-3,6-7,15H2,1H3. The fourth-order valence-electron chi connectivity index (χ4n) is 1.84. The zero-order chi connectivity index (χ0) is 11.7. The summed E-state index contributed by atoms with van der Waals surface area (Å²) in [7, 11) is 1.96.